The maximum atomic E-state index is 13.5. The summed E-state index contributed by atoms with van der Waals surface area (Å²) in [7, 11) is -2.06. The number of nitrogens with one attached hydrogen (secondary N) is 3. The van der Waals surface area contributed by atoms with Crippen LogP contribution in [-0.4, -0.2) is 72.7 Å². The number of benzene rings is 1. The van der Waals surface area contributed by atoms with Crippen molar-refractivity contribution in [2.24, 2.45) is 11.8 Å². The Balaban J connectivity index is 1.22. The number of hydrogen-bond acceptors (Lipinski definition) is 7. The number of amides is 3. The lowest BCUT2D eigenvalue weighted by atomic mass is 10.0. The molecule has 5 unspecified atom stereocenters. The molecule has 0 aromatic heterocycles. The van der Waals surface area contributed by atoms with Crippen LogP contribution in [0.4, 0.5) is 5.69 Å². The van der Waals surface area contributed by atoms with E-state index in [1.165, 1.54) is 11.9 Å². The predicted molar refractivity (Wildman–Crippen MR) is 153 cm³/mol. The van der Waals surface area contributed by atoms with Crippen LogP contribution in [0.1, 0.15) is 64.7 Å². The van der Waals surface area contributed by atoms with E-state index in [-0.39, 0.29) is 36.6 Å². The largest absolute Gasteiger partial charge is 0.391 e. The Morgan fingerprint density at radius 1 is 1.10 bits per heavy atom. The Hall–Kier alpha value is -2.92. The van der Waals surface area contributed by atoms with Crippen LogP contribution in [-0.2, 0) is 24.4 Å². The molecule has 1 aromatic rings. The fraction of sp³-hybridized carbons (Fsp3) is 0.621. The van der Waals surface area contributed by atoms with Crippen LogP contribution in [0.3, 0.4) is 0 Å². The summed E-state index contributed by atoms with van der Waals surface area (Å²) in [5.41, 5.74) is 0.821. The Morgan fingerprint density at radius 2 is 1.82 bits per heavy atom. The lowest BCUT2D eigenvalue weighted by Gasteiger charge is -2.29. The van der Waals surface area contributed by atoms with Gasteiger partial charge in [0, 0.05) is 31.6 Å². The summed E-state index contributed by atoms with van der Waals surface area (Å²) in [5, 5.41) is 16.1. The first-order valence-electron chi connectivity index (χ1n) is 14.3. The third-order valence-electron chi connectivity index (χ3n) is 8.29. The molecule has 220 valence electrons. The van der Waals surface area contributed by atoms with Gasteiger partial charge in [0.05, 0.1) is 10.9 Å². The summed E-state index contributed by atoms with van der Waals surface area (Å²) in [6.07, 6.45) is 9.48. The molecule has 0 bridgehead atoms. The van der Waals surface area contributed by atoms with Crippen LogP contribution in [0, 0.1) is 11.8 Å². The summed E-state index contributed by atoms with van der Waals surface area (Å²) < 4.78 is 26.0. The van der Waals surface area contributed by atoms with Crippen LogP contribution in [0.15, 0.2) is 42.5 Å². The second-order valence-corrected chi connectivity index (χ2v) is 13.8. The Labute approximate surface area is 237 Å². The number of likely N-dealkylation sites (tertiary alicyclic amines) is 1. The van der Waals surface area contributed by atoms with Crippen LogP contribution >= 0.6 is 0 Å². The second kappa shape index (κ2) is 12.7. The van der Waals surface area contributed by atoms with Crippen molar-refractivity contribution >= 4 is 33.4 Å². The van der Waals surface area contributed by atoms with Crippen molar-refractivity contribution in [3.05, 3.63) is 42.5 Å². The van der Waals surface area contributed by atoms with Crippen molar-refractivity contribution in [2.75, 3.05) is 18.9 Å². The van der Waals surface area contributed by atoms with E-state index in [0.29, 0.717) is 25.7 Å². The molecular formula is C29H42N4O6S. The Morgan fingerprint density at radius 3 is 2.50 bits per heavy atom. The van der Waals surface area contributed by atoms with Crippen LogP contribution in [0.25, 0.3) is 0 Å². The number of β-amino-alcohol motifs (C(OH)–C–C–N with tert-alkyl or cyclic N) is 1. The molecule has 2 aliphatic carbocycles. The van der Waals surface area contributed by atoms with Gasteiger partial charge in [-0.05, 0) is 63.5 Å². The number of allylic oxidation sites excluding steroid dienone is 2. The smallest absolute Gasteiger partial charge is 0.245 e. The maximum absolute atomic E-state index is 13.5. The molecule has 2 saturated carbocycles. The summed E-state index contributed by atoms with van der Waals surface area (Å²) >= 11 is 0. The minimum Gasteiger partial charge on any atom is -0.391 e. The highest BCUT2D eigenvalue weighted by Gasteiger charge is 2.52. The first kappa shape index (κ1) is 30.0. The third kappa shape index (κ3) is 7.42. The number of aliphatic hydroxyl groups excluding tert-OH is 1. The normalized spacial score (nSPS) is 25.8. The fourth-order valence-electron chi connectivity index (χ4n) is 5.23. The third-order valence-corrected chi connectivity index (χ3v) is 10.5. The number of carbonyl (C=O) groups is 3. The van der Waals surface area contributed by atoms with Gasteiger partial charge < -0.3 is 20.6 Å². The van der Waals surface area contributed by atoms with E-state index < -0.39 is 38.9 Å². The number of rotatable bonds is 14. The zero-order valence-corrected chi connectivity index (χ0v) is 24.2. The molecule has 4 N–H and O–H groups in total. The van der Waals surface area contributed by atoms with Crippen molar-refractivity contribution in [1.29, 1.82) is 0 Å². The van der Waals surface area contributed by atoms with Gasteiger partial charge in [-0.15, -0.1) is 0 Å². The monoisotopic (exact) mass is 574 g/mol. The van der Waals surface area contributed by atoms with Gasteiger partial charge in [0.1, 0.15) is 12.1 Å². The number of anilines is 1. The molecule has 1 heterocycles. The van der Waals surface area contributed by atoms with E-state index in [1.807, 2.05) is 36.4 Å². The maximum Gasteiger partial charge on any atom is 0.245 e. The van der Waals surface area contributed by atoms with Crippen molar-refractivity contribution in [1.82, 2.24) is 14.9 Å². The van der Waals surface area contributed by atoms with Crippen LogP contribution in [0.2, 0.25) is 0 Å². The average molecular weight is 575 g/mol. The first-order valence-corrected chi connectivity index (χ1v) is 15.8. The van der Waals surface area contributed by atoms with Crippen LogP contribution < -0.4 is 15.4 Å². The topological polar surface area (TPSA) is 145 Å². The molecule has 4 rings (SSSR count). The molecule has 10 nitrogen and oxygen atoms in total. The molecule has 1 aromatic carbocycles. The zero-order chi connectivity index (χ0) is 28.9. The van der Waals surface area contributed by atoms with Crippen molar-refractivity contribution in [3.63, 3.8) is 0 Å². The number of nitrogens with zero attached hydrogens (tertiary/aromatic N) is 1. The number of sulfonamides is 1. The van der Waals surface area contributed by atoms with Crippen LogP contribution in [0.5, 0.6) is 0 Å². The second-order valence-electron chi connectivity index (χ2n) is 11.6. The van der Waals surface area contributed by atoms with E-state index >= 15 is 0 Å². The molecule has 1 saturated heterocycles. The van der Waals surface area contributed by atoms with Gasteiger partial charge in [0.15, 0.2) is 0 Å². The standard InChI is InChI=1S/C29H42N4O6S/c1-29(15-16-29)40(38,39)32-26(35)23-17-20(23)11-7-4-3-5-10-14-24(31-21-12-8-6-9-13-21)28(37)33-19-22(34)18-25(33)27(36)30-2/h6-9,11-13,20,22-25,31,34H,3-5,10,14-19H2,1-2H3,(H,30,36)(H,32,35). The van der Waals surface area contributed by atoms with Gasteiger partial charge in [-0.2, -0.15) is 0 Å². The van der Waals surface area contributed by atoms with Crippen molar-refractivity contribution in [2.45, 2.75) is 87.6 Å². The van der Waals surface area contributed by atoms with E-state index in [2.05, 4.69) is 21.4 Å². The molecule has 0 radical (unpaired) electrons. The molecule has 0 spiro atoms. The van der Waals surface area contributed by atoms with Gasteiger partial charge in [-0.25, -0.2) is 8.42 Å². The highest BCUT2D eigenvalue weighted by atomic mass is 32.2. The molecule has 11 heteroatoms. The summed E-state index contributed by atoms with van der Waals surface area (Å²) in [4.78, 5) is 39.6. The molecule has 5 atom stereocenters. The number of hydrogen-bond donors (Lipinski definition) is 4. The first-order chi connectivity index (χ1) is 19.0. The summed E-state index contributed by atoms with van der Waals surface area (Å²) in [6, 6.07) is 8.28. The quantitative estimate of drug-likeness (QED) is 0.197. The SMILES string of the molecule is CNC(=O)C1CC(O)CN1C(=O)C(CCCCCC=CC1CC1C(=O)NS(=O)(=O)C1(C)CC1)Nc1ccccc1. The number of aliphatic hydroxyl groups is 1. The number of likely N-dealkylation sites (N-methyl/N-ethyl adjacent to an activating group) is 1. The lowest BCUT2D eigenvalue weighted by molar-refractivity contribution is -0.139. The van der Waals surface area contributed by atoms with E-state index in [9.17, 15) is 27.9 Å². The van der Waals surface area contributed by atoms with E-state index in [0.717, 1.165) is 31.4 Å². The Bertz CT molecular complexity index is 1200. The van der Waals surface area contributed by atoms with Crippen molar-refractivity contribution < 1.29 is 27.9 Å². The molecular weight excluding hydrogens is 532 g/mol. The summed E-state index contributed by atoms with van der Waals surface area (Å²) in [6.45, 7) is 1.81. The number of unbranched alkanes of at least 4 members (excludes halogenated alkanes) is 3. The highest BCUT2D eigenvalue weighted by Crippen LogP contribution is 2.44. The number of para-hydroxylation sites is 1. The lowest BCUT2D eigenvalue weighted by Crippen LogP contribution is -2.50. The van der Waals surface area contributed by atoms with E-state index in [1.54, 1.807) is 6.92 Å². The molecule has 1 aliphatic heterocycles. The van der Waals surface area contributed by atoms with Gasteiger partial charge in [-0.3, -0.25) is 19.1 Å². The summed E-state index contributed by atoms with van der Waals surface area (Å²) in [5.74, 6) is -1.04. The highest BCUT2D eigenvalue weighted by molar-refractivity contribution is 7.91. The van der Waals surface area contributed by atoms with Gasteiger partial charge in [0.2, 0.25) is 27.7 Å². The minimum atomic E-state index is -3.59. The van der Waals surface area contributed by atoms with E-state index in [4.69, 9.17) is 0 Å². The minimum absolute atomic E-state index is 0.0864. The van der Waals surface area contributed by atoms with Gasteiger partial charge >= 0.3 is 0 Å². The van der Waals surface area contributed by atoms with Gasteiger partial charge in [0.25, 0.3) is 0 Å². The number of carbonyl (C=O) groups excluding carboxylic acids is 3. The molecule has 3 amide bonds. The fourth-order valence-corrected chi connectivity index (χ4v) is 6.53. The zero-order valence-electron chi connectivity index (χ0n) is 23.3. The Kier molecular flexibility index (Phi) is 9.56. The molecule has 3 fully saturated rings. The molecule has 40 heavy (non-hydrogen) atoms. The molecule has 3 aliphatic rings. The van der Waals surface area contributed by atoms with Gasteiger partial charge in [-0.1, -0.05) is 43.2 Å². The average Bonchev–Trinajstić information content (AvgIpc) is 3.84. The predicted octanol–water partition coefficient (Wildman–Crippen LogP) is 2.32. The van der Waals surface area contributed by atoms with Crippen molar-refractivity contribution in [3.8, 4) is 0 Å².